The number of rotatable bonds is 4. The van der Waals surface area contributed by atoms with Crippen LogP contribution < -0.4 is 0 Å². The molecule has 0 spiro atoms. The molecule has 1 aliphatic heterocycles. The van der Waals surface area contributed by atoms with Gasteiger partial charge in [0.2, 0.25) is 0 Å². The van der Waals surface area contributed by atoms with Crippen LogP contribution in [0.4, 0.5) is 4.79 Å². The normalized spacial score (nSPS) is 20.2. The Kier molecular flexibility index (Phi) is 3.93. The van der Waals surface area contributed by atoms with Gasteiger partial charge in [-0.1, -0.05) is 13.0 Å². The second kappa shape index (κ2) is 5.01. The highest BCUT2D eigenvalue weighted by Gasteiger charge is 2.41. The van der Waals surface area contributed by atoms with Crippen molar-refractivity contribution in [2.24, 2.45) is 11.3 Å². The predicted octanol–water partition coefficient (Wildman–Crippen LogP) is 1.52. The van der Waals surface area contributed by atoms with Crippen LogP contribution in [0.25, 0.3) is 0 Å². The fraction of sp³-hybridized carbons (Fsp3) is 0.636. The van der Waals surface area contributed by atoms with E-state index in [4.69, 9.17) is 4.74 Å². The van der Waals surface area contributed by atoms with Gasteiger partial charge in [0.15, 0.2) is 0 Å². The Balaban J connectivity index is 2.46. The van der Waals surface area contributed by atoms with Gasteiger partial charge in [0.1, 0.15) is 18.6 Å². The van der Waals surface area contributed by atoms with Gasteiger partial charge in [0.05, 0.1) is 6.61 Å². The number of hydrogen-bond donors (Lipinski definition) is 0. The molecule has 5 nitrogen and oxygen atoms in total. The molecule has 90 valence electrons. The molecule has 1 atom stereocenters. The van der Waals surface area contributed by atoms with Crippen molar-refractivity contribution in [3.63, 3.8) is 0 Å². The Morgan fingerprint density at radius 3 is 2.69 bits per heavy atom. The number of esters is 1. The van der Waals surface area contributed by atoms with E-state index < -0.39 is 17.5 Å². The maximum Gasteiger partial charge on any atom is 0.508 e. The Bertz CT molecular complexity index is 287. The molecule has 0 aromatic carbocycles. The van der Waals surface area contributed by atoms with E-state index in [0.717, 1.165) is 0 Å². The molecule has 0 amide bonds. The molecule has 0 aromatic heterocycles. The van der Waals surface area contributed by atoms with Crippen LogP contribution >= 0.6 is 0 Å². The lowest BCUT2D eigenvalue weighted by atomic mass is 9.92. The SMILES string of the molecule is C=CC(C)COC(=O)C1(C)COC(=O)OC1. The molecule has 0 aliphatic carbocycles. The maximum absolute atomic E-state index is 11.7. The zero-order valence-electron chi connectivity index (χ0n) is 9.52. The lowest BCUT2D eigenvalue weighted by molar-refractivity contribution is -0.166. The molecule has 1 rings (SSSR count). The van der Waals surface area contributed by atoms with Crippen molar-refractivity contribution in [3.05, 3.63) is 12.7 Å². The summed E-state index contributed by atoms with van der Waals surface area (Å²) in [7, 11) is 0. The second-order valence-corrected chi connectivity index (χ2v) is 4.20. The summed E-state index contributed by atoms with van der Waals surface area (Å²) in [5, 5.41) is 0. The van der Waals surface area contributed by atoms with Crippen LogP contribution in [0.15, 0.2) is 12.7 Å². The number of carbonyl (C=O) groups is 2. The van der Waals surface area contributed by atoms with Crippen LogP contribution in [0, 0.1) is 11.3 Å². The van der Waals surface area contributed by atoms with E-state index in [-0.39, 0.29) is 25.7 Å². The smallest absolute Gasteiger partial charge is 0.464 e. The molecule has 0 radical (unpaired) electrons. The molecule has 1 fully saturated rings. The van der Waals surface area contributed by atoms with Gasteiger partial charge >= 0.3 is 12.1 Å². The van der Waals surface area contributed by atoms with Crippen LogP contribution in [0.1, 0.15) is 13.8 Å². The van der Waals surface area contributed by atoms with E-state index in [2.05, 4.69) is 16.1 Å². The van der Waals surface area contributed by atoms with E-state index in [0.29, 0.717) is 0 Å². The summed E-state index contributed by atoms with van der Waals surface area (Å²) < 4.78 is 14.4. The van der Waals surface area contributed by atoms with Crippen LogP contribution in [-0.2, 0) is 19.0 Å². The third kappa shape index (κ3) is 2.98. The molecule has 5 heteroatoms. The average Bonchev–Trinajstić information content (AvgIpc) is 2.29. The molecule has 1 unspecified atom stereocenters. The Labute approximate surface area is 94.4 Å². The summed E-state index contributed by atoms with van der Waals surface area (Å²) >= 11 is 0. The zero-order chi connectivity index (χ0) is 12.2. The summed E-state index contributed by atoms with van der Waals surface area (Å²) in [5.41, 5.74) is -0.908. The second-order valence-electron chi connectivity index (χ2n) is 4.20. The largest absolute Gasteiger partial charge is 0.508 e. The lowest BCUT2D eigenvalue weighted by Gasteiger charge is -2.30. The fourth-order valence-corrected chi connectivity index (χ4v) is 1.09. The number of hydrogen-bond acceptors (Lipinski definition) is 5. The van der Waals surface area contributed by atoms with Crippen LogP contribution in [0.2, 0.25) is 0 Å². The van der Waals surface area contributed by atoms with Crippen LogP contribution in [0.5, 0.6) is 0 Å². The first kappa shape index (κ1) is 12.5. The quantitative estimate of drug-likeness (QED) is 0.539. The molecule has 16 heavy (non-hydrogen) atoms. The Morgan fingerprint density at radius 1 is 1.62 bits per heavy atom. The van der Waals surface area contributed by atoms with Crippen molar-refractivity contribution in [2.45, 2.75) is 13.8 Å². The van der Waals surface area contributed by atoms with E-state index in [1.54, 1.807) is 13.0 Å². The minimum absolute atomic E-state index is 0.00681. The van der Waals surface area contributed by atoms with Gasteiger partial charge in [0, 0.05) is 5.92 Å². The van der Waals surface area contributed by atoms with Crippen molar-refractivity contribution >= 4 is 12.1 Å². The molecule has 1 heterocycles. The van der Waals surface area contributed by atoms with Crippen molar-refractivity contribution in [2.75, 3.05) is 19.8 Å². The highest BCUT2D eigenvalue weighted by molar-refractivity contribution is 5.78. The Morgan fingerprint density at radius 2 is 2.19 bits per heavy atom. The summed E-state index contributed by atoms with van der Waals surface area (Å²) in [6.45, 7) is 7.38. The standard InChI is InChI=1S/C11H16O5/c1-4-8(2)5-14-9(12)11(3)6-15-10(13)16-7-11/h4,8H,1,5-7H2,2-3H3. The number of carbonyl (C=O) groups excluding carboxylic acids is 2. The molecule has 0 aromatic rings. The lowest BCUT2D eigenvalue weighted by Crippen LogP contribution is -2.44. The topological polar surface area (TPSA) is 61.8 Å². The monoisotopic (exact) mass is 228 g/mol. The summed E-state index contributed by atoms with van der Waals surface area (Å²) in [5.74, 6) is -0.326. The van der Waals surface area contributed by atoms with Gasteiger partial charge in [-0.15, -0.1) is 6.58 Å². The number of cyclic esters (lactones) is 2. The van der Waals surface area contributed by atoms with Crippen molar-refractivity contribution in [1.82, 2.24) is 0 Å². The van der Waals surface area contributed by atoms with Gasteiger partial charge in [-0.05, 0) is 6.92 Å². The summed E-state index contributed by atoms with van der Waals surface area (Å²) in [4.78, 5) is 22.4. The number of ether oxygens (including phenoxy) is 3. The first-order valence-corrected chi connectivity index (χ1v) is 5.07. The minimum atomic E-state index is -0.908. The van der Waals surface area contributed by atoms with Crippen LogP contribution in [-0.4, -0.2) is 31.9 Å². The first-order valence-electron chi connectivity index (χ1n) is 5.07. The van der Waals surface area contributed by atoms with Crippen molar-refractivity contribution < 1.29 is 23.8 Å². The molecular weight excluding hydrogens is 212 g/mol. The maximum atomic E-state index is 11.7. The van der Waals surface area contributed by atoms with Crippen LogP contribution in [0.3, 0.4) is 0 Å². The average molecular weight is 228 g/mol. The molecular formula is C11H16O5. The van der Waals surface area contributed by atoms with Gasteiger partial charge < -0.3 is 14.2 Å². The molecule has 0 saturated carbocycles. The van der Waals surface area contributed by atoms with E-state index in [1.807, 2.05) is 6.92 Å². The van der Waals surface area contributed by atoms with Crippen molar-refractivity contribution in [1.29, 1.82) is 0 Å². The molecule has 0 N–H and O–H groups in total. The third-order valence-corrected chi connectivity index (χ3v) is 2.39. The molecule has 0 bridgehead atoms. The fourth-order valence-electron chi connectivity index (χ4n) is 1.09. The third-order valence-electron chi connectivity index (χ3n) is 2.39. The summed E-state index contributed by atoms with van der Waals surface area (Å²) in [6, 6.07) is 0. The van der Waals surface area contributed by atoms with E-state index in [9.17, 15) is 9.59 Å². The highest BCUT2D eigenvalue weighted by Crippen LogP contribution is 2.24. The Hall–Kier alpha value is -1.52. The van der Waals surface area contributed by atoms with Crippen molar-refractivity contribution in [3.8, 4) is 0 Å². The molecule has 1 aliphatic rings. The van der Waals surface area contributed by atoms with Gasteiger partial charge in [-0.3, -0.25) is 4.79 Å². The predicted molar refractivity (Wildman–Crippen MR) is 55.7 cm³/mol. The summed E-state index contributed by atoms with van der Waals surface area (Å²) in [6.07, 6.45) is 0.956. The first-order chi connectivity index (χ1) is 7.48. The van der Waals surface area contributed by atoms with Gasteiger partial charge in [0.25, 0.3) is 0 Å². The van der Waals surface area contributed by atoms with E-state index in [1.165, 1.54) is 0 Å². The highest BCUT2D eigenvalue weighted by atomic mass is 16.7. The van der Waals surface area contributed by atoms with E-state index >= 15 is 0 Å². The van der Waals surface area contributed by atoms with Gasteiger partial charge in [-0.2, -0.15) is 0 Å². The molecule has 1 saturated heterocycles. The minimum Gasteiger partial charge on any atom is -0.464 e. The van der Waals surface area contributed by atoms with Gasteiger partial charge in [-0.25, -0.2) is 4.79 Å². The zero-order valence-corrected chi connectivity index (χ0v) is 9.52.